The van der Waals surface area contributed by atoms with Gasteiger partial charge in [0.1, 0.15) is 23.7 Å². The third-order valence-corrected chi connectivity index (χ3v) is 5.36. The zero-order valence-corrected chi connectivity index (χ0v) is 18.3. The molecule has 33 heavy (non-hydrogen) atoms. The molecule has 166 valence electrons. The molecule has 4 amide bonds. The fraction of sp³-hybridized carbons (Fsp3) is 0.0800. The summed E-state index contributed by atoms with van der Waals surface area (Å²) in [5.41, 5.74) is 1.48. The molecule has 0 bridgehead atoms. The van der Waals surface area contributed by atoms with Crippen molar-refractivity contribution >= 4 is 41.2 Å². The van der Waals surface area contributed by atoms with Crippen LogP contribution in [0.1, 0.15) is 11.1 Å². The molecular formula is C25H19ClN2O5. The Bertz CT molecular complexity index is 1250. The van der Waals surface area contributed by atoms with Crippen molar-refractivity contribution in [1.29, 1.82) is 0 Å². The van der Waals surface area contributed by atoms with Crippen LogP contribution < -0.4 is 19.7 Å². The van der Waals surface area contributed by atoms with Gasteiger partial charge in [0.2, 0.25) is 0 Å². The zero-order valence-electron chi connectivity index (χ0n) is 17.6. The molecule has 1 aliphatic rings. The Kier molecular flexibility index (Phi) is 6.42. The second-order valence-corrected chi connectivity index (χ2v) is 7.48. The van der Waals surface area contributed by atoms with Crippen molar-refractivity contribution in [3.63, 3.8) is 0 Å². The van der Waals surface area contributed by atoms with E-state index in [2.05, 4.69) is 5.32 Å². The normalized spacial score (nSPS) is 14.9. The number of para-hydroxylation sites is 1. The Morgan fingerprint density at radius 3 is 2.36 bits per heavy atom. The van der Waals surface area contributed by atoms with Gasteiger partial charge in [0, 0.05) is 16.1 Å². The Morgan fingerprint density at radius 2 is 1.64 bits per heavy atom. The van der Waals surface area contributed by atoms with Crippen molar-refractivity contribution in [3.8, 4) is 11.5 Å². The molecule has 8 heteroatoms. The van der Waals surface area contributed by atoms with Gasteiger partial charge in [-0.1, -0.05) is 48.0 Å². The smallest absolute Gasteiger partial charge is 0.335 e. The lowest BCUT2D eigenvalue weighted by Gasteiger charge is -2.26. The summed E-state index contributed by atoms with van der Waals surface area (Å²) in [6.07, 6.45) is 1.40. The summed E-state index contributed by atoms with van der Waals surface area (Å²) in [6, 6.07) is 19.9. The zero-order chi connectivity index (χ0) is 23.4. The number of imide groups is 2. The van der Waals surface area contributed by atoms with E-state index >= 15 is 0 Å². The van der Waals surface area contributed by atoms with Crippen molar-refractivity contribution in [2.24, 2.45) is 0 Å². The standard InChI is InChI=1S/C25H19ClN2O5/c1-32-22-9-5-3-6-16(22)14-20-23(29)27-25(31)28(24(20)30)18-10-12-19(13-11-18)33-15-17-7-2-4-8-21(17)26/h2-14H,15H2,1H3,(H,27,29,31)/b20-14-. The number of nitrogens with zero attached hydrogens (tertiary/aromatic N) is 1. The van der Waals surface area contributed by atoms with E-state index in [0.29, 0.717) is 27.8 Å². The van der Waals surface area contributed by atoms with Gasteiger partial charge in [-0.05, 0) is 42.5 Å². The van der Waals surface area contributed by atoms with Gasteiger partial charge < -0.3 is 9.47 Å². The van der Waals surface area contributed by atoms with E-state index in [9.17, 15) is 14.4 Å². The number of amides is 4. The Hall–Kier alpha value is -4.10. The van der Waals surface area contributed by atoms with Gasteiger partial charge in [-0.25, -0.2) is 9.69 Å². The highest BCUT2D eigenvalue weighted by Crippen LogP contribution is 2.27. The van der Waals surface area contributed by atoms with Crippen LogP contribution in [0.15, 0.2) is 78.4 Å². The number of carbonyl (C=O) groups is 3. The fourth-order valence-corrected chi connectivity index (χ4v) is 3.49. The summed E-state index contributed by atoms with van der Waals surface area (Å²) in [6.45, 7) is 0.266. The summed E-state index contributed by atoms with van der Waals surface area (Å²) < 4.78 is 11.0. The minimum absolute atomic E-state index is 0.182. The van der Waals surface area contributed by atoms with Crippen LogP contribution >= 0.6 is 11.6 Å². The van der Waals surface area contributed by atoms with Crippen molar-refractivity contribution in [2.75, 3.05) is 12.0 Å². The Labute approximate surface area is 195 Å². The highest BCUT2D eigenvalue weighted by atomic mass is 35.5. The maximum atomic E-state index is 13.1. The molecule has 0 radical (unpaired) electrons. The monoisotopic (exact) mass is 462 g/mol. The Balaban J connectivity index is 1.55. The maximum absolute atomic E-state index is 13.1. The molecule has 1 fully saturated rings. The number of methoxy groups -OCH3 is 1. The summed E-state index contributed by atoms with van der Waals surface area (Å²) >= 11 is 6.14. The lowest BCUT2D eigenvalue weighted by molar-refractivity contribution is -0.122. The number of hydrogen-bond acceptors (Lipinski definition) is 5. The lowest BCUT2D eigenvalue weighted by Crippen LogP contribution is -2.54. The first-order chi connectivity index (χ1) is 16.0. The van der Waals surface area contributed by atoms with E-state index in [0.717, 1.165) is 10.5 Å². The van der Waals surface area contributed by atoms with Crippen molar-refractivity contribution < 1.29 is 23.9 Å². The van der Waals surface area contributed by atoms with Crippen LogP contribution in [-0.4, -0.2) is 25.0 Å². The van der Waals surface area contributed by atoms with Crippen LogP contribution in [0.5, 0.6) is 11.5 Å². The van der Waals surface area contributed by atoms with E-state index < -0.39 is 17.8 Å². The Morgan fingerprint density at radius 1 is 0.939 bits per heavy atom. The first kappa shape index (κ1) is 22.1. The number of hydrogen-bond donors (Lipinski definition) is 1. The molecule has 0 spiro atoms. The maximum Gasteiger partial charge on any atom is 0.335 e. The third-order valence-electron chi connectivity index (χ3n) is 4.99. The van der Waals surface area contributed by atoms with Crippen LogP contribution in [0, 0.1) is 0 Å². The fourth-order valence-electron chi connectivity index (χ4n) is 3.30. The average molecular weight is 463 g/mol. The number of barbiturate groups is 1. The summed E-state index contributed by atoms with van der Waals surface area (Å²) in [7, 11) is 1.49. The lowest BCUT2D eigenvalue weighted by atomic mass is 10.1. The average Bonchev–Trinajstić information content (AvgIpc) is 2.82. The molecular weight excluding hydrogens is 444 g/mol. The number of carbonyl (C=O) groups excluding carboxylic acids is 3. The molecule has 7 nitrogen and oxygen atoms in total. The first-order valence-electron chi connectivity index (χ1n) is 9.98. The van der Waals surface area contributed by atoms with Crippen molar-refractivity contribution in [3.05, 3.63) is 94.5 Å². The quantitative estimate of drug-likeness (QED) is 0.427. The van der Waals surface area contributed by atoms with E-state index in [1.165, 1.54) is 13.2 Å². The van der Waals surface area contributed by atoms with Gasteiger partial charge in [0.05, 0.1) is 12.8 Å². The van der Waals surface area contributed by atoms with E-state index in [1.54, 1.807) is 54.6 Å². The minimum Gasteiger partial charge on any atom is -0.496 e. The van der Waals surface area contributed by atoms with Crippen LogP contribution in [0.2, 0.25) is 5.02 Å². The summed E-state index contributed by atoms with van der Waals surface area (Å²) in [4.78, 5) is 38.8. The second kappa shape index (κ2) is 9.58. The van der Waals surface area contributed by atoms with E-state index in [-0.39, 0.29) is 12.2 Å². The van der Waals surface area contributed by atoms with Gasteiger partial charge in [-0.15, -0.1) is 0 Å². The number of anilines is 1. The first-order valence-corrected chi connectivity index (χ1v) is 10.4. The van der Waals surface area contributed by atoms with Crippen molar-refractivity contribution in [2.45, 2.75) is 6.61 Å². The van der Waals surface area contributed by atoms with Gasteiger partial charge >= 0.3 is 6.03 Å². The number of urea groups is 1. The van der Waals surface area contributed by atoms with Gasteiger partial charge in [0.15, 0.2) is 0 Å². The van der Waals surface area contributed by atoms with E-state index in [4.69, 9.17) is 21.1 Å². The van der Waals surface area contributed by atoms with Gasteiger partial charge in [-0.3, -0.25) is 14.9 Å². The van der Waals surface area contributed by atoms with E-state index in [1.807, 2.05) is 18.2 Å². The molecule has 1 N–H and O–H groups in total. The van der Waals surface area contributed by atoms with Crippen LogP contribution in [0.25, 0.3) is 6.08 Å². The molecule has 4 rings (SSSR count). The third kappa shape index (κ3) is 4.73. The topological polar surface area (TPSA) is 84.9 Å². The number of benzene rings is 3. The molecule has 1 heterocycles. The van der Waals surface area contributed by atoms with Crippen LogP contribution in [-0.2, 0) is 16.2 Å². The molecule has 1 saturated heterocycles. The summed E-state index contributed by atoms with van der Waals surface area (Å²) in [5.74, 6) is -0.482. The number of halogens is 1. The SMILES string of the molecule is COc1ccccc1/C=C1/C(=O)NC(=O)N(c2ccc(OCc3ccccc3Cl)cc2)C1=O. The molecule has 0 aromatic heterocycles. The van der Waals surface area contributed by atoms with Crippen LogP contribution in [0.4, 0.5) is 10.5 Å². The van der Waals surface area contributed by atoms with Gasteiger partial charge in [-0.2, -0.15) is 0 Å². The minimum atomic E-state index is -0.827. The number of rotatable bonds is 6. The van der Waals surface area contributed by atoms with Crippen molar-refractivity contribution in [1.82, 2.24) is 5.32 Å². The predicted molar refractivity (Wildman–Crippen MR) is 124 cm³/mol. The molecule has 0 atom stereocenters. The highest BCUT2D eigenvalue weighted by Gasteiger charge is 2.37. The molecule has 0 saturated carbocycles. The largest absolute Gasteiger partial charge is 0.496 e. The summed E-state index contributed by atoms with van der Waals surface area (Å²) in [5, 5.41) is 2.81. The second-order valence-electron chi connectivity index (χ2n) is 7.07. The number of ether oxygens (including phenoxy) is 2. The molecule has 0 aliphatic carbocycles. The number of nitrogens with one attached hydrogen (secondary N) is 1. The molecule has 3 aromatic rings. The molecule has 0 unspecified atom stereocenters. The predicted octanol–water partition coefficient (Wildman–Crippen LogP) is 4.59. The van der Waals surface area contributed by atoms with Crippen LogP contribution in [0.3, 0.4) is 0 Å². The van der Waals surface area contributed by atoms with Gasteiger partial charge in [0.25, 0.3) is 11.8 Å². The highest BCUT2D eigenvalue weighted by molar-refractivity contribution is 6.39. The molecule has 1 aliphatic heterocycles. The molecule has 3 aromatic carbocycles.